The minimum absolute atomic E-state index is 0. The lowest BCUT2D eigenvalue weighted by atomic mass is 10.2. The summed E-state index contributed by atoms with van der Waals surface area (Å²) in [6.07, 6.45) is 3.76. The highest BCUT2D eigenvalue weighted by Gasteiger charge is 2.21. The molecule has 1 saturated carbocycles. The number of carbonyl (C=O) groups is 1. The van der Waals surface area contributed by atoms with E-state index < -0.39 is 0 Å². The van der Waals surface area contributed by atoms with Crippen molar-refractivity contribution in [3.05, 3.63) is 0 Å². The number of nitrogens with zero attached hydrogens (tertiary/aromatic N) is 1. The van der Waals surface area contributed by atoms with Gasteiger partial charge in [-0.1, -0.05) is 6.92 Å². The fourth-order valence-corrected chi connectivity index (χ4v) is 2.46. The van der Waals surface area contributed by atoms with Crippen molar-refractivity contribution >= 4 is 30.1 Å². The zero-order chi connectivity index (χ0) is 12.7. The Kier molecular flexibility index (Phi) is 9.97. The number of thioether (sulfide) groups is 1. The molecule has 1 fully saturated rings. The topological polar surface area (TPSA) is 32.3 Å². The lowest BCUT2D eigenvalue weighted by Crippen LogP contribution is -2.41. The third kappa shape index (κ3) is 7.49. The molecule has 0 bridgehead atoms. The predicted molar refractivity (Wildman–Crippen MR) is 82.7 cm³/mol. The van der Waals surface area contributed by atoms with Gasteiger partial charge in [-0.05, 0) is 50.2 Å². The smallest absolute Gasteiger partial charge is 0.236 e. The fourth-order valence-electron chi connectivity index (χ4n) is 1.67. The second-order valence-electron chi connectivity index (χ2n) is 4.91. The molecule has 0 spiro atoms. The summed E-state index contributed by atoms with van der Waals surface area (Å²) in [4.78, 5) is 13.8. The van der Waals surface area contributed by atoms with Crippen molar-refractivity contribution in [3.63, 3.8) is 0 Å². The van der Waals surface area contributed by atoms with Gasteiger partial charge in [0.2, 0.25) is 5.91 Å². The summed E-state index contributed by atoms with van der Waals surface area (Å²) in [5, 5.41) is 3.25. The van der Waals surface area contributed by atoms with Crippen LogP contribution in [0.5, 0.6) is 0 Å². The van der Waals surface area contributed by atoms with E-state index in [1.54, 1.807) is 0 Å². The second kappa shape index (κ2) is 9.93. The SMILES string of the molecule is CCSCCC(C)N(C)C(=O)CNCC1CC1.Cl. The van der Waals surface area contributed by atoms with Crippen LogP contribution in [0.4, 0.5) is 0 Å². The van der Waals surface area contributed by atoms with Gasteiger partial charge in [0.15, 0.2) is 0 Å². The van der Waals surface area contributed by atoms with Gasteiger partial charge >= 0.3 is 0 Å². The van der Waals surface area contributed by atoms with Gasteiger partial charge in [-0.2, -0.15) is 11.8 Å². The highest BCUT2D eigenvalue weighted by Crippen LogP contribution is 2.27. The lowest BCUT2D eigenvalue weighted by molar-refractivity contribution is -0.130. The monoisotopic (exact) mass is 294 g/mol. The molecular weight excluding hydrogens is 268 g/mol. The number of hydrogen-bond acceptors (Lipinski definition) is 3. The van der Waals surface area contributed by atoms with E-state index in [0.717, 1.165) is 30.4 Å². The molecule has 0 aromatic rings. The minimum atomic E-state index is 0. The maximum absolute atomic E-state index is 11.9. The van der Waals surface area contributed by atoms with Crippen LogP contribution in [0.2, 0.25) is 0 Å². The van der Waals surface area contributed by atoms with Gasteiger partial charge in [-0.15, -0.1) is 12.4 Å². The first-order chi connectivity index (χ1) is 8.15. The molecule has 0 aliphatic heterocycles. The average Bonchev–Trinajstić information content (AvgIpc) is 3.12. The van der Waals surface area contributed by atoms with Crippen molar-refractivity contribution in [3.8, 4) is 0 Å². The molecule has 1 unspecified atom stereocenters. The van der Waals surface area contributed by atoms with E-state index in [9.17, 15) is 4.79 Å². The molecule has 0 aromatic carbocycles. The van der Waals surface area contributed by atoms with Crippen LogP contribution in [-0.4, -0.2) is 48.5 Å². The first-order valence-electron chi connectivity index (χ1n) is 6.69. The van der Waals surface area contributed by atoms with Gasteiger partial charge in [0.05, 0.1) is 6.54 Å². The molecule has 1 rings (SSSR count). The Bertz CT molecular complexity index is 237. The molecule has 5 heteroatoms. The summed E-state index contributed by atoms with van der Waals surface area (Å²) in [6.45, 7) is 5.82. The molecule has 1 amide bonds. The number of carbonyl (C=O) groups excluding carboxylic acids is 1. The highest BCUT2D eigenvalue weighted by molar-refractivity contribution is 7.99. The van der Waals surface area contributed by atoms with E-state index in [1.165, 1.54) is 12.8 Å². The standard InChI is InChI=1S/C13H26N2OS.ClH/c1-4-17-8-7-11(2)15(3)13(16)10-14-9-12-5-6-12;/h11-12,14H,4-10H2,1-3H3;1H. The third-order valence-electron chi connectivity index (χ3n) is 3.34. The Balaban J connectivity index is 0.00000289. The van der Waals surface area contributed by atoms with E-state index in [2.05, 4.69) is 19.2 Å². The molecule has 1 N–H and O–H groups in total. The van der Waals surface area contributed by atoms with Crippen molar-refractivity contribution in [1.82, 2.24) is 10.2 Å². The molecular formula is C13H27ClN2OS. The van der Waals surface area contributed by atoms with E-state index in [4.69, 9.17) is 0 Å². The summed E-state index contributed by atoms with van der Waals surface area (Å²) < 4.78 is 0. The van der Waals surface area contributed by atoms with Crippen LogP contribution in [0.25, 0.3) is 0 Å². The van der Waals surface area contributed by atoms with Crippen molar-refractivity contribution in [2.24, 2.45) is 5.92 Å². The number of amides is 1. The molecule has 0 saturated heterocycles. The summed E-state index contributed by atoms with van der Waals surface area (Å²) in [5.41, 5.74) is 0. The third-order valence-corrected chi connectivity index (χ3v) is 4.28. The predicted octanol–water partition coefficient (Wildman–Crippen LogP) is 2.40. The van der Waals surface area contributed by atoms with Crippen molar-refractivity contribution in [2.75, 3.05) is 31.6 Å². The first kappa shape index (κ1) is 18.1. The van der Waals surface area contributed by atoms with Gasteiger partial charge in [-0.25, -0.2) is 0 Å². The van der Waals surface area contributed by atoms with Gasteiger partial charge in [0.1, 0.15) is 0 Å². The van der Waals surface area contributed by atoms with Crippen LogP contribution in [-0.2, 0) is 4.79 Å². The Morgan fingerprint density at radius 2 is 2.17 bits per heavy atom. The Morgan fingerprint density at radius 3 is 2.72 bits per heavy atom. The normalized spacial score (nSPS) is 15.9. The summed E-state index contributed by atoms with van der Waals surface area (Å²) in [5.74, 6) is 3.36. The largest absolute Gasteiger partial charge is 0.342 e. The summed E-state index contributed by atoms with van der Waals surface area (Å²) in [6, 6.07) is 0.351. The van der Waals surface area contributed by atoms with E-state index in [0.29, 0.717) is 12.6 Å². The van der Waals surface area contributed by atoms with Gasteiger partial charge in [-0.3, -0.25) is 4.79 Å². The maximum atomic E-state index is 11.9. The zero-order valence-electron chi connectivity index (χ0n) is 11.8. The number of rotatable bonds is 9. The number of hydrogen-bond donors (Lipinski definition) is 1. The van der Waals surface area contributed by atoms with E-state index in [-0.39, 0.29) is 18.3 Å². The average molecular weight is 295 g/mol. The Morgan fingerprint density at radius 1 is 1.50 bits per heavy atom. The molecule has 1 aliphatic carbocycles. The van der Waals surface area contributed by atoms with E-state index >= 15 is 0 Å². The molecule has 3 nitrogen and oxygen atoms in total. The molecule has 1 aliphatic rings. The van der Waals surface area contributed by atoms with Crippen molar-refractivity contribution < 1.29 is 4.79 Å². The van der Waals surface area contributed by atoms with E-state index in [1.807, 2.05) is 23.7 Å². The Labute approximate surface area is 122 Å². The van der Waals surface area contributed by atoms with Crippen LogP contribution in [0.1, 0.15) is 33.1 Å². The molecule has 0 heterocycles. The quantitative estimate of drug-likeness (QED) is 0.663. The fraction of sp³-hybridized carbons (Fsp3) is 0.923. The highest BCUT2D eigenvalue weighted by atomic mass is 35.5. The van der Waals surface area contributed by atoms with Crippen LogP contribution in [0.15, 0.2) is 0 Å². The minimum Gasteiger partial charge on any atom is -0.342 e. The molecule has 0 aromatic heterocycles. The summed E-state index contributed by atoms with van der Waals surface area (Å²) in [7, 11) is 1.92. The Hall–Kier alpha value is 0.0700. The maximum Gasteiger partial charge on any atom is 0.236 e. The zero-order valence-corrected chi connectivity index (χ0v) is 13.4. The first-order valence-corrected chi connectivity index (χ1v) is 7.84. The molecule has 0 radical (unpaired) electrons. The van der Waals surface area contributed by atoms with Crippen molar-refractivity contribution in [2.45, 2.75) is 39.2 Å². The molecule has 18 heavy (non-hydrogen) atoms. The van der Waals surface area contributed by atoms with Crippen LogP contribution in [0, 0.1) is 5.92 Å². The van der Waals surface area contributed by atoms with Crippen LogP contribution < -0.4 is 5.32 Å². The number of likely N-dealkylation sites (N-methyl/N-ethyl adjacent to an activating group) is 1. The van der Waals surface area contributed by atoms with Crippen LogP contribution >= 0.6 is 24.2 Å². The number of halogens is 1. The van der Waals surface area contributed by atoms with Gasteiger partial charge in [0.25, 0.3) is 0 Å². The molecule has 1 atom stereocenters. The van der Waals surface area contributed by atoms with Crippen molar-refractivity contribution in [1.29, 1.82) is 0 Å². The summed E-state index contributed by atoms with van der Waals surface area (Å²) >= 11 is 1.94. The van der Waals surface area contributed by atoms with Gasteiger partial charge in [0, 0.05) is 13.1 Å². The molecule has 108 valence electrons. The second-order valence-corrected chi connectivity index (χ2v) is 6.31. The van der Waals surface area contributed by atoms with Crippen LogP contribution in [0.3, 0.4) is 0 Å². The lowest BCUT2D eigenvalue weighted by Gasteiger charge is -2.25. The number of nitrogens with one attached hydrogen (secondary N) is 1. The van der Waals surface area contributed by atoms with Gasteiger partial charge < -0.3 is 10.2 Å².